The van der Waals surface area contributed by atoms with Crippen molar-refractivity contribution in [2.45, 2.75) is 36.8 Å². The highest BCUT2D eigenvalue weighted by Crippen LogP contribution is 2.39. The van der Waals surface area contributed by atoms with Crippen LogP contribution in [0.5, 0.6) is 0 Å². The molecule has 21 heavy (non-hydrogen) atoms. The molecule has 1 fully saturated rings. The molecule has 1 heterocycles. The zero-order valence-corrected chi connectivity index (χ0v) is 13.1. The van der Waals surface area contributed by atoms with Crippen LogP contribution in [0.2, 0.25) is 0 Å². The molecule has 0 amide bonds. The Kier molecular flexibility index (Phi) is 5.57. The van der Waals surface area contributed by atoms with E-state index < -0.39 is 11.7 Å². The van der Waals surface area contributed by atoms with Crippen molar-refractivity contribution in [1.82, 2.24) is 4.90 Å². The van der Waals surface area contributed by atoms with Crippen LogP contribution in [0.4, 0.5) is 13.2 Å². The molecule has 2 nitrogen and oxygen atoms in total. The van der Waals surface area contributed by atoms with E-state index in [1.807, 2.05) is 0 Å². The molecule has 0 aromatic heterocycles. The van der Waals surface area contributed by atoms with Gasteiger partial charge >= 0.3 is 6.18 Å². The molecule has 1 unspecified atom stereocenters. The number of nitrogens with zero attached hydrogens (tertiary/aromatic N) is 1. The Bertz CT molecular complexity index is 476. The van der Waals surface area contributed by atoms with Gasteiger partial charge in [0, 0.05) is 18.0 Å². The molecule has 118 valence electrons. The molecule has 0 radical (unpaired) electrons. The van der Waals surface area contributed by atoms with Gasteiger partial charge in [-0.3, -0.25) is 4.90 Å². The first-order valence-corrected chi connectivity index (χ1v) is 7.96. The van der Waals surface area contributed by atoms with Crippen molar-refractivity contribution in [1.29, 1.82) is 0 Å². The summed E-state index contributed by atoms with van der Waals surface area (Å²) in [4.78, 5) is 2.49. The van der Waals surface area contributed by atoms with E-state index in [1.165, 1.54) is 17.8 Å². The smallest absolute Gasteiger partial charge is 0.365 e. The van der Waals surface area contributed by atoms with Crippen LogP contribution in [0.3, 0.4) is 0 Å². The van der Waals surface area contributed by atoms with Gasteiger partial charge < -0.3 is 4.74 Å². The molecule has 1 atom stereocenters. The van der Waals surface area contributed by atoms with Gasteiger partial charge in [0.25, 0.3) is 0 Å². The molecule has 0 aliphatic carbocycles. The van der Waals surface area contributed by atoms with E-state index in [9.17, 15) is 13.2 Å². The van der Waals surface area contributed by atoms with E-state index in [0.717, 1.165) is 19.5 Å². The monoisotopic (exact) mass is 319 g/mol. The first-order chi connectivity index (χ1) is 9.90. The minimum atomic E-state index is -4.33. The highest BCUT2D eigenvalue weighted by atomic mass is 32.2. The molecule has 0 spiro atoms. The van der Waals surface area contributed by atoms with Crippen molar-refractivity contribution >= 4 is 11.8 Å². The highest BCUT2D eigenvalue weighted by molar-refractivity contribution is 7.99. The van der Waals surface area contributed by atoms with Crippen LogP contribution in [-0.4, -0.2) is 36.6 Å². The van der Waals surface area contributed by atoms with Gasteiger partial charge in [-0.1, -0.05) is 30.3 Å². The fourth-order valence-corrected chi connectivity index (χ4v) is 3.55. The van der Waals surface area contributed by atoms with Gasteiger partial charge in [-0.25, -0.2) is 0 Å². The Balaban J connectivity index is 2.12. The topological polar surface area (TPSA) is 12.5 Å². The third-order valence-electron chi connectivity index (χ3n) is 3.36. The van der Waals surface area contributed by atoms with Crippen LogP contribution in [0.25, 0.3) is 0 Å². The lowest BCUT2D eigenvalue weighted by Crippen LogP contribution is -2.41. The average molecular weight is 319 g/mol. The molecule has 1 aliphatic rings. The number of hydrogen-bond acceptors (Lipinski definition) is 3. The third kappa shape index (κ3) is 4.63. The van der Waals surface area contributed by atoms with Crippen LogP contribution in [-0.2, 0) is 10.9 Å². The molecule has 1 saturated heterocycles. The normalized spacial score (nSPS) is 20.7. The standard InChI is InChI=1S/C15H20F3NOS/c1-3-6-19-7-8-20-14(10-19)21-13-5-4-11(2)9-12(13)15(16,17)18/h4-5,9,14H,3,6-8,10H2,1-2H3. The van der Waals surface area contributed by atoms with Crippen molar-refractivity contribution in [2.75, 3.05) is 26.2 Å². The predicted molar refractivity (Wildman–Crippen MR) is 78.5 cm³/mol. The number of aryl methyl sites for hydroxylation is 1. The van der Waals surface area contributed by atoms with Crippen molar-refractivity contribution in [3.8, 4) is 0 Å². The van der Waals surface area contributed by atoms with Gasteiger partial charge in [-0.05, 0) is 32.0 Å². The fourth-order valence-electron chi connectivity index (χ4n) is 2.37. The summed E-state index contributed by atoms with van der Waals surface area (Å²) in [6.45, 7) is 6.82. The van der Waals surface area contributed by atoms with Crippen LogP contribution in [0, 0.1) is 6.92 Å². The second-order valence-corrected chi connectivity index (χ2v) is 6.42. The summed E-state index contributed by atoms with van der Waals surface area (Å²) in [6, 6.07) is 4.46. The molecule has 2 rings (SSSR count). The zero-order chi connectivity index (χ0) is 15.5. The van der Waals surface area contributed by atoms with Crippen molar-refractivity contribution in [3.63, 3.8) is 0 Å². The maximum atomic E-state index is 13.1. The Morgan fingerprint density at radius 3 is 2.81 bits per heavy atom. The summed E-state index contributed by atoms with van der Waals surface area (Å²) in [5, 5.41) is 0. The summed E-state index contributed by atoms with van der Waals surface area (Å²) >= 11 is 1.17. The molecule has 0 N–H and O–H groups in total. The molecule has 1 aliphatic heterocycles. The quantitative estimate of drug-likeness (QED) is 0.826. The summed E-state index contributed by atoms with van der Waals surface area (Å²) in [6.07, 6.45) is -3.29. The minimum Gasteiger partial charge on any atom is -0.365 e. The number of halogens is 3. The zero-order valence-electron chi connectivity index (χ0n) is 12.2. The largest absolute Gasteiger partial charge is 0.417 e. The van der Waals surface area contributed by atoms with Crippen molar-refractivity contribution in [3.05, 3.63) is 29.3 Å². The van der Waals surface area contributed by atoms with E-state index in [2.05, 4.69) is 11.8 Å². The number of thioether (sulfide) groups is 1. The number of benzene rings is 1. The summed E-state index contributed by atoms with van der Waals surface area (Å²) in [5.41, 5.74) is -0.193. The van der Waals surface area contributed by atoms with Crippen LogP contribution in [0.1, 0.15) is 24.5 Å². The minimum absolute atomic E-state index is 0.242. The van der Waals surface area contributed by atoms with Gasteiger partial charge in [0.15, 0.2) is 0 Å². The van der Waals surface area contributed by atoms with E-state index in [-0.39, 0.29) is 10.3 Å². The average Bonchev–Trinajstić information content (AvgIpc) is 2.40. The first-order valence-electron chi connectivity index (χ1n) is 7.08. The Morgan fingerprint density at radius 2 is 2.14 bits per heavy atom. The van der Waals surface area contributed by atoms with E-state index in [0.29, 0.717) is 18.7 Å². The maximum absolute atomic E-state index is 13.1. The van der Waals surface area contributed by atoms with Crippen molar-refractivity contribution < 1.29 is 17.9 Å². The highest BCUT2D eigenvalue weighted by Gasteiger charge is 2.34. The predicted octanol–water partition coefficient (Wildman–Crippen LogP) is 4.17. The summed E-state index contributed by atoms with van der Waals surface area (Å²) in [5.74, 6) is 0. The van der Waals surface area contributed by atoms with Crippen LogP contribution in [0.15, 0.2) is 23.1 Å². The summed E-state index contributed by atoms with van der Waals surface area (Å²) in [7, 11) is 0. The second-order valence-electron chi connectivity index (χ2n) is 5.22. The van der Waals surface area contributed by atoms with Crippen molar-refractivity contribution in [2.24, 2.45) is 0 Å². The number of rotatable bonds is 4. The lowest BCUT2D eigenvalue weighted by molar-refractivity contribution is -0.139. The molecule has 0 bridgehead atoms. The maximum Gasteiger partial charge on any atom is 0.417 e. The Labute approximate surface area is 127 Å². The number of morpholine rings is 1. The SMILES string of the molecule is CCCN1CCOC(Sc2ccc(C)cc2C(F)(F)F)C1. The number of alkyl halides is 3. The molecule has 0 saturated carbocycles. The molecular formula is C15H20F3NOS. The van der Waals surface area contributed by atoms with Gasteiger partial charge in [0.2, 0.25) is 0 Å². The number of ether oxygens (including phenoxy) is 1. The van der Waals surface area contributed by atoms with E-state index >= 15 is 0 Å². The first kappa shape index (κ1) is 16.6. The lowest BCUT2D eigenvalue weighted by atomic mass is 10.1. The molecule has 1 aromatic carbocycles. The van der Waals surface area contributed by atoms with Gasteiger partial charge in [-0.2, -0.15) is 13.2 Å². The second kappa shape index (κ2) is 7.03. The summed E-state index contributed by atoms with van der Waals surface area (Å²) < 4.78 is 45.0. The van der Waals surface area contributed by atoms with Crippen LogP contribution < -0.4 is 0 Å². The van der Waals surface area contributed by atoms with Crippen LogP contribution >= 0.6 is 11.8 Å². The fraction of sp³-hybridized carbons (Fsp3) is 0.600. The third-order valence-corrected chi connectivity index (χ3v) is 4.52. The van der Waals surface area contributed by atoms with Gasteiger partial charge in [0.05, 0.1) is 12.2 Å². The number of hydrogen-bond donors (Lipinski definition) is 0. The lowest BCUT2D eigenvalue weighted by Gasteiger charge is -2.32. The van der Waals surface area contributed by atoms with E-state index in [4.69, 9.17) is 4.74 Å². The molecule has 6 heteroatoms. The van der Waals surface area contributed by atoms with E-state index in [1.54, 1.807) is 19.1 Å². The molecular weight excluding hydrogens is 299 g/mol. The Morgan fingerprint density at radius 1 is 1.38 bits per heavy atom. The molecule has 1 aromatic rings. The van der Waals surface area contributed by atoms with Gasteiger partial charge in [0.1, 0.15) is 5.44 Å². The Hall–Kier alpha value is -0.720. The van der Waals surface area contributed by atoms with Gasteiger partial charge in [-0.15, -0.1) is 0 Å².